The Kier molecular flexibility index (Phi) is 7.31. The Bertz CT molecular complexity index is 301. The molecule has 0 saturated carbocycles. The maximum atomic E-state index is 9.56. The molecular weight excluding hydrogens is 272 g/mol. The summed E-state index contributed by atoms with van der Waals surface area (Å²) in [7, 11) is 0. The van der Waals surface area contributed by atoms with E-state index in [0.717, 1.165) is 0 Å². The molecule has 0 aliphatic heterocycles. The Morgan fingerprint density at radius 3 is 1.43 bits per heavy atom. The van der Waals surface area contributed by atoms with E-state index >= 15 is 0 Å². The Labute approximate surface area is 129 Å². The largest absolute Gasteiger partial charge is 0.393 e. The van der Waals surface area contributed by atoms with Gasteiger partial charge in [-0.2, -0.15) is 0 Å². The summed E-state index contributed by atoms with van der Waals surface area (Å²) in [5.41, 5.74) is -2.02. The third kappa shape index (κ3) is 11.1. The minimum absolute atomic E-state index is 0.126. The van der Waals surface area contributed by atoms with Crippen LogP contribution in [-0.2, 0) is 19.6 Å². The zero-order chi connectivity index (χ0) is 16.9. The van der Waals surface area contributed by atoms with Crippen molar-refractivity contribution in [1.82, 2.24) is 0 Å². The summed E-state index contributed by atoms with van der Waals surface area (Å²) in [5, 5.41) is 9.56. The Hall–Kier alpha value is -0.200. The first-order chi connectivity index (χ1) is 9.18. The molecule has 0 spiro atoms. The van der Waals surface area contributed by atoms with Gasteiger partial charge < -0.3 is 5.11 Å². The lowest BCUT2D eigenvalue weighted by molar-refractivity contribution is -0.415. The molecule has 128 valence electrons. The Balaban J connectivity index is 4.42. The maximum Gasteiger partial charge on any atom is 0.124 e. The zero-order valence-corrected chi connectivity index (χ0v) is 15.2. The van der Waals surface area contributed by atoms with Crippen LogP contribution in [0.1, 0.15) is 75.2 Å². The maximum absolute atomic E-state index is 9.56. The van der Waals surface area contributed by atoms with Crippen molar-refractivity contribution in [3.05, 3.63) is 0 Å². The predicted octanol–water partition coefficient (Wildman–Crippen LogP) is 3.79. The molecule has 0 rings (SSSR count). The summed E-state index contributed by atoms with van der Waals surface area (Å²) in [5.74, 6) is 0. The second kappa shape index (κ2) is 7.38. The average Bonchev–Trinajstić information content (AvgIpc) is 2.30. The lowest BCUT2D eigenvalue weighted by Gasteiger charge is -2.34. The van der Waals surface area contributed by atoms with Crippen molar-refractivity contribution in [3.8, 4) is 0 Å². The first-order valence-electron chi connectivity index (χ1n) is 7.53. The van der Waals surface area contributed by atoms with E-state index in [4.69, 9.17) is 19.6 Å². The van der Waals surface area contributed by atoms with E-state index in [9.17, 15) is 5.11 Å². The minimum Gasteiger partial charge on any atom is -0.393 e. The molecule has 0 heterocycles. The molecule has 21 heavy (non-hydrogen) atoms. The molecule has 5 heteroatoms. The number of hydrogen-bond acceptors (Lipinski definition) is 5. The normalized spacial score (nSPS) is 16.9. The number of rotatable bonds is 8. The summed E-state index contributed by atoms with van der Waals surface area (Å²) in [6.07, 6.45) is 1.24. The topological polar surface area (TPSA) is 57.2 Å². The molecule has 5 nitrogen and oxygen atoms in total. The van der Waals surface area contributed by atoms with E-state index in [1.54, 1.807) is 0 Å². The second-order valence-corrected chi connectivity index (χ2v) is 8.43. The summed E-state index contributed by atoms with van der Waals surface area (Å²) in [6.45, 7) is 17.1. The van der Waals surface area contributed by atoms with Crippen LogP contribution in [0, 0.1) is 0 Å². The van der Waals surface area contributed by atoms with E-state index in [2.05, 4.69) is 0 Å². The van der Waals surface area contributed by atoms with Crippen LogP contribution in [0.4, 0.5) is 0 Å². The monoisotopic (exact) mass is 306 g/mol. The SMILES string of the molecule is CC(C)(C)OOC(C)(C)CCC(C)(CO)OOC(C)(C)C. The molecule has 0 aromatic heterocycles. The van der Waals surface area contributed by atoms with E-state index in [0.29, 0.717) is 12.8 Å². The highest BCUT2D eigenvalue weighted by Crippen LogP contribution is 2.27. The number of aliphatic hydroxyl groups excluding tert-OH is 1. The van der Waals surface area contributed by atoms with Crippen LogP contribution in [0.2, 0.25) is 0 Å². The van der Waals surface area contributed by atoms with Crippen molar-refractivity contribution in [2.75, 3.05) is 6.61 Å². The van der Waals surface area contributed by atoms with Crippen molar-refractivity contribution >= 4 is 0 Å². The standard InChI is InChI=1S/C16H34O5/c1-13(2,3)18-20-15(7,8)10-11-16(9,12-17)21-19-14(4,5)6/h17H,10-12H2,1-9H3. The van der Waals surface area contributed by atoms with Crippen molar-refractivity contribution in [1.29, 1.82) is 0 Å². The molecule has 1 N–H and O–H groups in total. The van der Waals surface area contributed by atoms with Crippen LogP contribution in [0.15, 0.2) is 0 Å². The highest BCUT2D eigenvalue weighted by Gasteiger charge is 2.33. The van der Waals surface area contributed by atoms with Gasteiger partial charge in [0.25, 0.3) is 0 Å². The van der Waals surface area contributed by atoms with Crippen molar-refractivity contribution < 1.29 is 24.7 Å². The van der Waals surface area contributed by atoms with Crippen molar-refractivity contribution in [2.24, 2.45) is 0 Å². The van der Waals surface area contributed by atoms with E-state index in [-0.39, 0.29) is 12.2 Å². The molecule has 0 aromatic rings. The van der Waals surface area contributed by atoms with Crippen LogP contribution in [0.25, 0.3) is 0 Å². The number of hydrogen-bond donors (Lipinski definition) is 1. The van der Waals surface area contributed by atoms with Crippen molar-refractivity contribution in [3.63, 3.8) is 0 Å². The van der Waals surface area contributed by atoms with Gasteiger partial charge in [0, 0.05) is 0 Å². The molecule has 0 aliphatic rings. The molecule has 0 amide bonds. The average molecular weight is 306 g/mol. The Morgan fingerprint density at radius 1 is 0.619 bits per heavy atom. The van der Waals surface area contributed by atoms with Gasteiger partial charge in [-0.05, 0) is 75.2 Å². The third-order valence-electron chi connectivity index (χ3n) is 2.60. The summed E-state index contributed by atoms with van der Waals surface area (Å²) in [4.78, 5) is 21.6. The van der Waals surface area contributed by atoms with Gasteiger partial charge in [0.2, 0.25) is 0 Å². The molecule has 0 aliphatic carbocycles. The van der Waals surface area contributed by atoms with Gasteiger partial charge in [-0.25, -0.2) is 19.6 Å². The first kappa shape index (κ1) is 20.8. The zero-order valence-electron chi connectivity index (χ0n) is 15.2. The molecule has 1 unspecified atom stereocenters. The fraction of sp³-hybridized carbons (Fsp3) is 1.00. The Morgan fingerprint density at radius 2 is 1.05 bits per heavy atom. The van der Waals surface area contributed by atoms with Crippen LogP contribution < -0.4 is 0 Å². The summed E-state index contributed by atoms with van der Waals surface area (Å²) >= 11 is 0. The molecule has 0 radical (unpaired) electrons. The fourth-order valence-electron chi connectivity index (χ4n) is 1.22. The fourth-order valence-corrected chi connectivity index (χ4v) is 1.22. The van der Waals surface area contributed by atoms with Crippen LogP contribution in [0.5, 0.6) is 0 Å². The van der Waals surface area contributed by atoms with Gasteiger partial charge in [-0.3, -0.25) is 0 Å². The van der Waals surface area contributed by atoms with E-state index in [1.165, 1.54) is 0 Å². The predicted molar refractivity (Wildman–Crippen MR) is 82.6 cm³/mol. The van der Waals surface area contributed by atoms with Gasteiger partial charge in [0.05, 0.1) is 23.4 Å². The van der Waals surface area contributed by atoms with E-state index in [1.807, 2.05) is 62.3 Å². The van der Waals surface area contributed by atoms with Gasteiger partial charge >= 0.3 is 0 Å². The first-order valence-corrected chi connectivity index (χ1v) is 7.53. The van der Waals surface area contributed by atoms with Crippen molar-refractivity contribution in [2.45, 2.75) is 97.6 Å². The van der Waals surface area contributed by atoms with Gasteiger partial charge in [-0.1, -0.05) is 0 Å². The van der Waals surface area contributed by atoms with Gasteiger partial charge in [0.15, 0.2) is 0 Å². The van der Waals surface area contributed by atoms with Gasteiger partial charge in [-0.15, -0.1) is 0 Å². The summed E-state index contributed by atoms with van der Waals surface area (Å²) < 4.78 is 0. The van der Waals surface area contributed by atoms with Crippen LogP contribution in [-0.4, -0.2) is 34.1 Å². The van der Waals surface area contributed by atoms with Crippen LogP contribution >= 0.6 is 0 Å². The minimum atomic E-state index is -0.768. The third-order valence-corrected chi connectivity index (χ3v) is 2.60. The molecular formula is C16H34O5. The highest BCUT2D eigenvalue weighted by molar-refractivity contribution is 4.78. The lowest BCUT2D eigenvalue weighted by atomic mass is 9.93. The van der Waals surface area contributed by atoms with E-state index < -0.39 is 16.8 Å². The smallest absolute Gasteiger partial charge is 0.124 e. The number of aliphatic hydroxyl groups is 1. The molecule has 1 atom stereocenters. The lowest BCUT2D eigenvalue weighted by Crippen LogP contribution is -2.39. The quantitative estimate of drug-likeness (QED) is 0.546. The summed E-state index contributed by atoms with van der Waals surface area (Å²) in [6, 6.07) is 0. The molecule has 0 aromatic carbocycles. The van der Waals surface area contributed by atoms with Crippen LogP contribution in [0.3, 0.4) is 0 Å². The molecule has 0 fully saturated rings. The van der Waals surface area contributed by atoms with Gasteiger partial charge in [0.1, 0.15) is 5.60 Å². The second-order valence-electron chi connectivity index (χ2n) is 8.43. The highest BCUT2D eigenvalue weighted by atomic mass is 17.2. The molecule has 0 saturated heterocycles. The molecule has 0 bridgehead atoms.